The van der Waals surface area contributed by atoms with Crippen LogP contribution in [0, 0.1) is 11.8 Å². The standard InChI is InChI=1S/C20H30N4O2S/c1-14(2)19-22-20(26-23-19)24-10-7-16(8-11-24)15(3)9-12-25-18-6-5-17(27-4)13-21-18/h5-6,13-16H,7-12H2,1-4H3. The molecule has 1 fully saturated rings. The Hall–Kier alpha value is -1.76. The first-order valence-electron chi connectivity index (χ1n) is 9.78. The molecular formula is C20H30N4O2S. The van der Waals surface area contributed by atoms with Crippen LogP contribution in [0.5, 0.6) is 5.88 Å². The molecule has 1 aliphatic heterocycles. The Morgan fingerprint density at radius 3 is 2.63 bits per heavy atom. The lowest BCUT2D eigenvalue weighted by Crippen LogP contribution is -2.36. The van der Waals surface area contributed by atoms with E-state index in [1.807, 2.05) is 24.6 Å². The van der Waals surface area contributed by atoms with Crippen molar-refractivity contribution in [1.29, 1.82) is 0 Å². The zero-order valence-corrected chi connectivity index (χ0v) is 17.5. The van der Waals surface area contributed by atoms with E-state index in [0.29, 0.717) is 36.3 Å². The second kappa shape index (κ2) is 9.44. The first-order chi connectivity index (χ1) is 13.1. The van der Waals surface area contributed by atoms with Gasteiger partial charge in [-0.25, -0.2) is 4.98 Å². The second-order valence-electron chi connectivity index (χ2n) is 7.57. The summed E-state index contributed by atoms with van der Waals surface area (Å²) in [6.07, 6.45) is 7.27. The highest BCUT2D eigenvalue weighted by molar-refractivity contribution is 7.98. The molecule has 0 saturated carbocycles. The van der Waals surface area contributed by atoms with Gasteiger partial charge in [0.2, 0.25) is 5.88 Å². The number of hydrogen-bond acceptors (Lipinski definition) is 7. The molecular weight excluding hydrogens is 360 g/mol. The number of ether oxygens (including phenoxy) is 1. The lowest BCUT2D eigenvalue weighted by Gasteiger charge is -2.33. The molecule has 27 heavy (non-hydrogen) atoms. The van der Waals surface area contributed by atoms with E-state index >= 15 is 0 Å². The van der Waals surface area contributed by atoms with Crippen molar-refractivity contribution in [1.82, 2.24) is 15.1 Å². The number of hydrogen-bond donors (Lipinski definition) is 0. The van der Waals surface area contributed by atoms with Crippen molar-refractivity contribution in [3.63, 3.8) is 0 Å². The molecule has 7 heteroatoms. The third-order valence-corrected chi connectivity index (χ3v) is 6.04. The smallest absolute Gasteiger partial charge is 0.324 e. The van der Waals surface area contributed by atoms with Crippen LogP contribution in [-0.2, 0) is 0 Å². The Morgan fingerprint density at radius 2 is 2.04 bits per heavy atom. The van der Waals surface area contributed by atoms with Gasteiger partial charge in [-0.2, -0.15) is 4.98 Å². The van der Waals surface area contributed by atoms with Gasteiger partial charge in [0.15, 0.2) is 5.82 Å². The Bertz CT molecular complexity index is 696. The van der Waals surface area contributed by atoms with Crippen molar-refractivity contribution in [3.05, 3.63) is 24.2 Å². The molecule has 1 aliphatic rings. The maximum Gasteiger partial charge on any atom is 0.324 e. The molecule has 6 nitrogen and oxygen atoms in total. The zero-order chi connectivity index (χ0) is 19.2. The van der Waals surface area contributed by atoms with E-state index in [1.54, 1.807) is 11.8 Å². The maximum atomic E-state index is 5.82. The molecule has 1 atom stereocenters. The van der Waals surface area contributed by atoms with Gasteiger partial charge in [-0.05, 0) is 43.4 Å². The van der Waals surface area contributed by atoms with E-state index in [2.05, 4.69) is 40.8 Å². The molecule has 3 heterocycles. The van der Waals surface area contributed by atoms with Gasteiger partial charge < -0.3 is 14.2 Å². The van der Waals surface area contributed by atoms with Crippen LogP contribution >= 0.6 is 11.8 Å². The summed E-state index contributed by atoms with van der Waals surface area (Å²) in [6.45, 7) is 9.17. The van der Waals surface area contributed by atoms with Gasteiger partial charge in [-0.15, -0.1) is 11.8 Å². The van der Waals surface area contributed by atoms with Gasteiger partial charge in [0.25, 0.3) is 0 Å². The number of rotatable bonds is 8. The highest BCUT2D eigenvalue weighted by atomic mass is 32.2. The number of piperidine rings is 1. The van der Waals surface area contributed by atoms with Gasteiger partial charge >= 0.3 is 6.01 Å². The van der Waals surface area contributed by atoms with E-state index in [4.69, 9.17) is 9.26 Å². The minimum atomic E-state index is 0.298. The second-order valence-corrected chi connectivity index (χ2v) is 8.44. The third-order valence-electron chi connectivity index (χ3n) is 5.33. The fraction of sp³-hybridized carbons (Fsp3) is 0.650. The van der Waals surface area contributed by atoms with Crippen LogP contribution in [0.2, 0.25) is 0 Å². The van der Waals surface area contributed by atoms with Gasteiger partial charge in [-0.3, -0.25) is 0 Å². The van der Waals surface area contributed by atoms with Crippen LogP contribution < -0.4 is 9.64 Å². The summed E-state index contributed by atoms with van der Waals surface area (Å²) in [7, 11) is 0. The lowest BCUT2D eigenvalue weighted by molar-refractivity contribution is 0.216. The van der Waals surface area contributed by atoms with Crippen molar-refractivity contribution < 1.29 is 9.26 Å². The van der Waals surface area contributed by atoms with Crippen LogP contribution in [0.25, 0.3) is 0 Å². The first-order valence-corrected chi connectivity index (χ1v) is 11.0. The summed E-state index contributed by atoms with van der Waals surface area (Å²) < 4.78 is 11.2. The molecule has 1 unspecified atom stereocenters. The summed E-state index contributed by atoms with van der Waals surface area (Å²) in [5, 5.41) is 4.07. The molecule has 0 spiro atoms. The minimum absolute atomic E-state index is 0.298. The Balaban J connectivity index is 1.40. The van der Waals surface area contributed by atoms with E-state index in [-0.39, 0.29) is 0 Å². The molecule has 0 radical (unpaired) electrons. The van der Waals surface area contributed by atoms with Crippen LogP contribution in [0.15, 0.2) is 27.7 Å². The van der Waals surface area contributed by atoms with Crippen molar-refractivity contribution in [3.8, 4) is 5.88 Å². The molecule has 148 valence electrons. The molecule has 3 rings (SSSR count). The minimum Gasteiger partial charge on any atom is -0.478 e. The number of aromatic nitrogens is 3. The number of nitrogens with zero attached hydrogens (tertiary/aromatic N) is 4. The first kappa shape index (κ1) is 20.0. The van der Waals surface area contributed by atoms with Crippen molar-refractivity contribution in [2.24, 2.45) is 11.8 Å². The van der Waals surface area contributed by atoms with Crippen LogP contribution in [0.3, 0.4) is 0 Å². The van der Waals surface area contributed by atoms with Crippen LogP contribution in [0.4, 0.5) is 6.01 Å². The molecule has 1 saturated heterocycles. The molecule has 2 aromatic rings. The number of anilines is 1. The van der Waals surface area contributed by atoms with Gasteiger partial charge in [0, 0.05) is 36.2 Å². The van der Waals surface area contributed by atoms with Crippen molar-refractivity contribution in [2.75, 3.05) is 30.9 Å². The van der Waals surface area contributed by atoms with Crippen molar-refractivity contribution >= 4 is 17.8 Å². The van der Waals surface area contributed by atoms with Gasteiger partial charge in [0.05, 0.1) is 6.61 Å². The molecule has 0 bridgehead atoms. The average Bonchev–Trinajstić information content (AvgIpc) is 3.19. The lowest BCUT2D eigenvalue weighted by atomic mass is 9.84. The van der Waals surface area contributed by atoms with Gasteiger partial charge in [-0.1, -0.05) is 25.9 Å². The molecule has 0 aromatic carbocycles. The monoisotopic (exact) mass is 390 g/mol. The summed E-state index contributed by atoms with van der Waals surface area (Å²) in [6, 6.07) is 4.67. The SMILES string of the molecule is CSc1ccc(OCCC(C)C2CCN(c3nc(C(C)C)no3)CC2)nc1. The summed E-state index contributed by atoms with van der Waals surface area (Å²) >= 11 is 1.69. The van der Waals surface area contributed by atoms with E-state index in [9.17, 15) is 0 Å². The molecule has 0 aliphatic carbocycles. The normalized spacial score (nSPS) is 16.7. The third kappa shape index (κ3) is 5.37. The van der Waals surface area contributed by atoms with Gasteiger partial charge in [0.1, 0.15) is 0 Å². The fourth-order valence-corrected chi connectivity index (χ4v) is 3.77. The van der Waals surface area contributed by atoms with E-state index in [0.717, 1.165) is 43.1 Å². The summed E-state index contributed by atoms with van der Waals surface area (Å²) in [4.78, 5) is 12.2. The topological polar surface area (TPSA) is 64.3 Å². The largest absolute Gasteiger partial charge is 0.478 e. The maximum absolute atomic E-state index is 5.82. The molecule has 0 N–H and O–H groups in total. The number of pyridine rings is 1. The average molecular weight is 391 g/mol. The quantitative estimate of drug-likeness (QED) is 0.609. The highest BCUT2D eigenvalue weighted by Crippen LogP contribution is 2.29. The van der Waals surface area contributed by atoms with Crippen LogP contribution in [-0.4, -0.2) is 41.1 Å². The van der Waals surface area contributed by atoms with E-state index in [1.165, 1.54) is 0 Å². The highest BCUT2D eigenvalue weighted by Gasteiger charge is 2.26. The summed E-state index contributed by atoms with van der Waals surface area (Å²) in [5.41, 5.74) is 0. The Morgan fingerprint density at radius 1 is 1.26 bits per heavy atom. The fourth-order valence-electron chi connectivity index (χ4n) is 3.41. The van der Waals surface area contributed by atoms with Crippen LogP contribution in [0.1, 0.15) is 51.8 Å². The summed E-state index contributed by atoms with van der Waals surface area (Å²) in [5.74, 6) is 3.14. The Labute approximate surface area is 166 Å². The van der Waals surface area contributed by atoms with Crippen molar-refractivity contribution in [2.45, 2.75) is 50.8 Å². The molecule has 2 aromatic heterocycles. The predicted molar refractivity (Wildman–Crippen MR) is 109 cm³/mol. The van der Waals surface area contributed by atoms with E-state index < -0.39 is 0 Å². The predicted octanol–water partition coefficient (Wildman–Crippen LogP) is 4.63. The number of thioether (sulfide) groups is 1. The molecule has 0 amide bonds. The zero-order valence-electron chi connectivity index (χ0n) is 16.7. The Kier molecular flexibility index (Phi) is 6.99.